The molecule has 1 aliphatic rings. The molecule has 1 amide bonds. The fraction of sp³-hybridized carbons (Fsp3) is 0.290. The zero-order valence-corrected chi connectivity index (χ0v) is 21.9. The molecule has 1 saturated heterocycles. The van der Waals surface area contributed by atoms with E-state index in [0.29, 0.717) is 31.0 Å². The molecule has 1 aliphatic heterocycles. The number of rotatable bonds is 9. The number of aliphatic hydroxyl groups is 1. The van der Waals surface area contributed by atoms with Gasteiger partial charge in [0.15, 0.2) is 0 Å². The first-order chi connectivity index (χ1) is 17.8. The molecule has 3 aromatic rings. The van der Waals surface area contributed by atoms with Crippen molar-refractivity contribution in [3.8, 4) is 5.75 Å². The van der Waals surface area contributed by atoms with Gasteiger partial charge < -0.3 is 19.6 Å². The first kappa shape index (κ1) is 26.2. The molecule has 0 unspecified atom stereocenters. The number of carbonyl (C=O) groups excluding carboxylic acids is 2. The molecule has 3 aromatic carbocycles. The Kier molecular flexibility index (Phi) is 8.09. The molecule has 0 bridgehead atoms. The van der Waals surface area contributed by atoms with Gasteiger partial charge in [-0.2, -0.15) is 0 Å². The number of aliphatic hydroxyl groups excluding tert-OH is 1. The molecule has 37 heavy (non-hydrogen) atoms. The van der Waals surface area contributed by atoms with Crippen molar-refractivity contribution in [2.75, 3.05) is 27.2 Å². The number of likely N-dealkylation sites (N-methyl/N-ethyl adjacent to an activating group) is 1. The molecule has 0 aromatic heterocycles. The van der Waals surface area contributed by atoms with E-state index in [1.165, 1.54) is 5.56 Å². The van der Waals surface area contributed by atoms with Crippen molar-refractivity contribution in [3.05, 3.63) is 106 Å². The highest BCUT2D eigenvalue weighted by Gasteiger charge is 2.45. The highest BCUT2D eigenvalue weighted by atomic mass is 16.5. The predicted octanol–water partition coefficient (Wildman–Crippen LogP) is 5.12. The summed E-state index contributed by atoms with van der Waals surface area (Å²) in [4.78, 5) is 29.8. The standard InChI is InChI=1S/C31H34N2O4/c1-5-22-9-11-24(12-10-22)28-27(30(35)31(36)33(28)18-17-32(3)4)29(34)25-13-15-26(16-14-25)37-20-23-8-6-7-21(2)19-23/h6-16,19,28,34H,5,17-18,20H2,1-4H3/b29-27+/t28-/m0/s1. The molecular formula is C31H34N2O4. The van der Waals surface area contributed by atoms with Crippen molar-refractivity contribution >= 4 is 17.4 Å². The number of hydrogen-bond donors (Lipinski definition) is 1. The molecule has 1 fully saturated rings. The van der Waals surface area contributed by atoms with Crippen LogP contribution in [0.4, 0.5) is 0 Å². The second kappa shape index (κ2) is 11.4. The lowest BCUT2D eigenvalue weighted by Gasteiger charge is -2.26. The fourth-order valence-electron chi connectivity index (χ4n) is 4.53. The van der Waals surface area contributed by atoms with E-state index in [1.54, 1.807) is 29.2 Å². The summed E-state index contributed by atoms with van der Waals surface area (Å²) in [6.07, 6.45) is 0.888. The Morgan fingerprint density at radius 3 is 2.30 bits per heavy atom. The van der Waals surface area contributed by atoms with Crippen LogP contribution in [0.15, 0.2) is 78.4 Å². The van der Waals surface area contributed by atoms with Crippen LogP contribution in [-0.4, -0.2) is 53.8 Å². The van der Waals surface area contributed by atoms with Crippen molar-refractivity contribution in [3.63, 3.8) is 0 Å². The number of aryl methyl sites for hydroxylation is 2. The van der Waals surface area contributed by atoms with Gasteiger partial charge in [0.05, 0.1) is 11.6 Å². The Labute approximate surface area is 218 Å². The molecular weight excluding hydrogens is 464 g/mol. The van der Waals surface area contributed by atoms with Crippen molar-refractivity contribution in [1.82, 2.24) is 9.80 Å². The first-order valence-corrected chi connectivity index (χ1v) is 12.6. The van der Waals surface area contributed by atoms with Gasteiger partial charge >= 0.3 is 0 Å². The van der Waals surface area contributed by atoms with Gasteiger partial charge in [-0.25, -0.2) is 0 Å². The number of Topliss-reactive ketones (excluding diaryl/α,β-unsaturated/α-hetero) is 1. The summed E-state index contributed by atoms with van der Waals surface area (Å²) in [7, 11) is 3.84. The number of ketones is 1. The summed E-state index contributed by atoms with van der Waals surface area (Å²) in [5, 5.41) is 11.3. The van der Waals surface area contributed by atoms with Crippen molar-refractivity contribution < 1.29 is 19.4 Å². The summed E-state index contributed by atoms with van der Waals surface area (Å²) in [5.74, 6) is -0.789. The maximum atomic E-state index is 13.2. The zero-order valence-electron chi connectivity index (χ0n) is 21.9. The lowest BCUT2D eigenvalue weighted by Crippen LogP contribution is -2.35. The molecule has 4 rings (SSSR count). The molecule has 6 nitrogen and oxygen atoms in total. The second-order valence-electron chi connectivity index (χ2n) is 9.69. The third-order valence-corrected chi connectivity index (χ3v) is 6.65. The van der Waals surface area contributed by atoms with Crippen LogP contribution in [-0.2, 0) is 22.6 Å². The molecule has 0 radical (unpaired) electrons. The Hall–Kier alpha value is -3.90. The fourth-order valence-corrected chi connectivity index (χ4v) is 4.53. The number of benzene rings is 3. The minimum absolute atomic E-state index is 0.112. The van der Waals surface area contributed by atoms with Gasteiger partial charge in [-0.05, 0) is 68.4 Å². The number of carbonyl (C=O) groups is 2. The minimum atomic E-state index is -0.666. The smallest absolute Gasteiger partial charge is 0.295 e. The summed E-state index contributed by atoms with van der Waals surface area (Å²) in [5.41, 5.74) is 4.77. The van der Waals surface area contributed by atoms with Gasteiger partial charge in [0.25, 0.3) is 11.7 Å². The van der Waals surface area contributed by atoms with Crippen LogP contribution in [0.25, 0.3) is 5.76 Å². The number of likely N-dealkylation sites (tertiary alicyclic amines) is 1. The number of ether oxygens (including phenoxy) is 1. The van der Waals surface area contributed by atoms with E-state index in [0.717, 1.165) is 23.1 Å². The summed E-state index contributed by atoms with van der Waals surface area (Å²) < 4.78 is 5.90. The Bertz CT molecular complexity index is 1290. The predicted molar refractivity (Wildman–Crippen MR) is 145 cm³/mol. The monoisotopic (exact) mass is 498 g/mol. The Morgan fingerprint density at radius 2 is 1.68 bits per heavy atom. The van der Waals surface area contributed by atoms with Crippen molar-refractivity contribution in [2.45, 2.75) is 32.9 Å². The van der Waals surface area contributed by atoms with E-state index in [9.17, 15) is 14.7 Å². The first-order valence-electron chi connectivity index (χ1n) is 12.6. The Balaban J connectivity index is 1.64. The molecule has 6 heteroatoms. The SMILES string of the molecule is CCc1ccc([C@H]2/C(=C(\O)c3ccc(OCc4cccc(C)c4)cc3)C(=O)C(=O)N2CCN(C)C)cc1. The molecule has 1 atom stereocenters. The topological polar surface area (TPSA) is 70.1 Å². The maximum absolute atomic E-state index is 13.2. The molecule has 0 saturated carbocycles. The largest absolute Gasteiger partial charge is 0.507 e. The molecule has 1 N–H and O–H groups in total. The van der Waals surface area contributed by atoms with E-state index in [4.69, 9.17) is 4.74 Å². The number of hydrogen-bond acceptors (Lipinski definition) is 5. The van der Waals surface area contributed by atoms with Crippen molar-refractivity contribution in [1.29, 1.82) is 0 Å². The van der Waals surface area contributed by atoms with Crippen molar-refractivity contribution in [2.24, 2.45) is 0 Å². The van der Waals surface area contributed by atoms with Crippen LogP contribution in [0.3, 0.4) is 0 Å². The summed E-state index contributed by atoms with van der Waals surface area (Å²) >= 11 is 0. The quantitative estimate of drug-likeness (QED) is 0.252. The number of amides is 1. The minimum Gasteiger partial charge on any atom is -0.507 e. The molecule has 1 heterocycles. The van der Waals surface area contributed by atoms with E-state index in [-0.39, 0.29) is 11.3 Å². The summed E-state index contributed by atoms with van der Waals surface area (Å²) in [6, 6.07) is 22.3. The second-order valence-corrected chi connectivity index (χ2v) is 9.69. The lowest BCUT2D eigenvalue weighted by atomic mass is 9.94. The molecule has 192 valence electrons. The van der Waals surface area contributed by atoms with Gasteiger partial charge in [0, 0.05) is 18.7 Å². The molecule has 0 spiro atoms. The van der Waals surface area contributed by atoms with Gasteiger partial charge in [-0.1, -0.05) is 61.0 Å². The van der Waals surface area contributed by atoms with Gasteiger partial charge in [-0.3, -0.25) is 9.59 Å². The van der Waals surface area contributed by atoms with E-state index >= 15 is 0 Å². The van der Waals surface area contributed by atoms with Crippen LogP contribution < -0.4 is 4.74 Å². The third-order valence-electron chi connectivity index (χ3n) is 6.65. The van der Waals surface area contributed by atoms with E-state index in [1.807, 2.05) is 68.4 Å². The zero-order chi connectivity index (χ0) is 26.5. The number of nitrogens with zero attached hydrogens (tertiary/aromatic N) is 2. The maximum Gasteiger partial charge on any atom is 0.295 e. The average molecular weight is 499 g/mol. The highest BCUT2D eigenvalue weighted by Crippen LogP contribution is 2.39. The van der Waals surface area contributed by atoms with Crippen LogP contribution in [0, 0.1) is 6.92 Å². The van der Waals surface area contributed by atoms with Crippen LogP contribution in [0.2, 0.25) is 0 Å². The third kappa shape index (κ3) is 5.92. The van der Waals surface area contributed by atoms with Crippen LogP contribution >= 0.6 is 0 Å². The summed E-state index contributed by atoms with van der Waals surface area (Å²) in [6.45, 7) is 5.52. The van der Waals surface area contributed by atoms with Gasteiger partial charge in [0.2, 0.25) is 0 Å². The molecule has 0 aliphatic carbocycles. The Morgan fingerprint density at radius 1 is 0.973 bits per heavy atom. The van der Waals surface area contributed by atoms with Crippen LogP contribution in [0.5, 0.6) is 5.75 Å². The van der Waals surface area contributed by atoms with E-state index < -0.39 is 17.7 Å². The lowest BCUT2D eigenvalue weighted by molar-refractivity contribution is -0.140. The van der Waals surface area contributed by atoms with Crippen LogP contribution in [0.1, 0.15) is 40.8 Å². The van der Waals surface area contributed by atoms with Gasteiger partial charge in [0.1, 0.15) is 18.1 Å². The van der Waals surface area contributed by atoms with E-state index in [2.05, 4.69) is 13.0 Å². The highest BCUT2D eigenvalue weighted by molar-refractivity contribution is 6.46. The normalized spacial score (nSPS) is 17.0. The van der Waals surface area contributed by atoms with Gasteiger partial charge in [-0.15, -0.1) is 0 Å². The average Bonchev–Trinajstić information content (AvgIpc) is 3.15.